The zero-order valence-corrected chi connectivity index (χ0v) is 18.6. The molecule has 0 N–H and O–H groups in total. The molecule has 0 spiro atoms. The minimum Gasteiger partial charge on any atom is -0.493 e. The van der Waals surface area contributed by atoms with Gasteiger partial charge in [-0.25, -0.2) is 9.18 Å². The summed E-state index contributed by atoms with van der Waals surface area (Å²) in [6.07, 6.45) is 0. The van der Waals surface area contributed by atoms with Crippen molar-refractivity contribution in [2.75, 3.05) is 14.2 Å². The van der Waals surface area contributed by atoms with Crippen LogP contribution in [0.1, 0.15) is 10.4 Å². The van der Waals surface area contributed by atoms with Crippen molar-refractivity contribution in [2.24, 2.45) is 0 Å². The van der Waals surface area contributed by atoms with E-state index in [1.165, 1.54) is 26.4 Å². The summed E-state index contributed by atoms with van der Waals surface area (Å²) in [5.74, 6) is -0.758. The Balaban J connectivity index is 1.92. The van der Waals surface area contributed by atoms with Crippen molar-refractivity contribution in [3.05, 3.63) is 86.7 Å². The quantitative estimate of drug-likeness (QED) is 0.333. The van der Waals surface area contributed by atoms with Crippen LogP contribution in [-0.2, 0) is 0 Å². The Morgan fingerprint density at radius 2 is 1.69 bits per heavy atom. The van der Waals surface area contributed by atoms with Crippen LogP contribution < -0.4 is 19.6 Å². The van der Waals surface area contributed by atoms with Gasteiger partial charge in [0.25, 0.3) is 0 Å². The fourth-order valence-electron chi connectivity index (χ4n) is 3.19. The summed E-state index contributed by atoms with van der Waals surface area (Å²) < 4.78 is 36.0. The molecule has 0 saturated carbocycles. The van der Waals surface area contributed by atoms with E-state index in [0.29, 0.717) is 27.1 Å². The minimum atomic E-state index is -0.826. The second-order valence-corrected chi connectivity index (χ2v) is 7.53. The number of benzene rings is 3. The lowest BCUT2D eigenvalue weighted by atomic mass is 10.1. The van der Waals surface area contributed by atoms with Gasteiger partial charge in [-0.2, -0.15) is 0 Å². The zero-order chi connectivity index (χ0) is 22.8. The van der Waals surface area contributed by atoms with E-state index < -0.39 is 17.2 Å². The van der Waals surface area contributed by atoms with Crippen LogP contribution >= 0.6 is 15.9 Å². The molecule has 0 saturated heterocycles. The number of carbonyl (C=O) groups excluding carboxylic acids is 1. The zero-order valence-electron chi connectivity index (χ0n) is 17.0. The maximum Gasteiger partial charge on any atom is 0.343 e. The molecule has 4 rings (SSSR count). The Labute approximate surface area is 190 Å². The Morgan fingerprint density at radius 1 is 0.969 bits per heavy atom. The first kappa shape index (κ1) is 21.6. The number of ether oxygens (including phenoxy) is 3. The highest BCUT2D eigenvalue weighted by atomic mass is 79.9. The normalized spacial score (nSPS) is 10.8. The van der Waals surface area contributed by atoms with E-state index >= 15 is 0 Å². The van der Waals surface area contributed by atoms with E-state index in [0.717, 1.165) is 12.1 Å². The monoisotopic (exact) mass is 498 g/mol. The molecule has 0 amide bonds. The third-order valence-electron chi connectivity index (χ3n) is 4.73. The van der Waals surface area contributed by atoms with Gasteiger partial charge in [-0.05, 0) is 64.5 Å². The Kier molecular flexibility index (Phi) is 5.96. The summed E-state index contributed by atoms with van der Waals surface area (Å²) in [5, 5.41) is 0.248. The van der Waals surface area contributed by atoms with Gasteiger partial charge in [0.2, 0.25) is 11.2 Å². The van der Waals surface area contributed by atoms with Crippen LogP contribution in [0.2, 0.25) is 0 Å². The molecule has 0 radical (unpaired) electrons. The lowest BCUT2D eigenvalue weighted by Gasteiger charge is -2.14. The smallest absolute Gasteiger partial charge is 0.343 e. The Hall–Kier alpha value is -3.65. The number of carbonyl (C=O) groups is 1. The summed E-state index contributed by atoms with van der Waals surface area (Å²) in [6.45, 7) is 0. The lowest BCUT2D eigenvalue weighted by Crippen LogP contribution is -2.16. The van der Waals surface area contributed by atoms with Crippen molar-refractivity contribution in [3.8, 4) is 28.6 Å². The molecular weight excluding hydrogens is 483 g/mol. The first-order valence-electron chi connectivity index (χ1n) is 9.38. The molecule has 4 aromatic rings. The van der Waals surface area contributed by atoms with E-state index in [2.05, 4.69) is 15.9 Å². The summed E-state index contributed by atoms with van der Waals surface area (Å²) in [4.78, 5) is 25.9. The van der Waals surface area contributed by atoms with Gasteiger partial charge in [-0.15, -0.1) is 0 Å². The standard InChI is InChI=1S/C24H16BrFO6/c1-29-19-12-14(11-17(25)22(19)30-2)21-23(20(27)16-5-3-4-6-18(16)31-21)32-24(28)13-7-9-15(26)10-8-13/h3-12H,1-2H3. The lowest BCUT2D eigenvalue weighted by molar-refractivity contribution is 0.0731. The highest BCUT2D eigenvalue weighted by Crippen LogP contribution is 2.41. The summed E-state index contributed by atoms with van der Waals surface area (Å²) in [6, 6.07) is 14.7. The van der Waals surface area contributed by atoms with Crippen molar-refractivity contribution in [1.29, 1.82) is 0 Å². The molecule has 32 heavy (non-hydrogen) atoms. The number of methoxy groups -OCH3 is 2. The van der Waals surface area contributed by atoms with E-state index in [4.69, 9.17) is 18.6 Å². The average molecular weight is 499 g/mol. The average Bonchev–Trinajstić information content (AvgIpc) is 2.80. The first-order chi connectivity index (χ1) is 15.4. The first-order valence-corrected chi connectivity index (χ1v) is 10.2. The second kappa shape index (κ2) is 8.84. The molecule has 8 heteroatoms. The molecule has 0 atom stereocenters. The fourth-order valence-corrected chi connectivity index (χ4v) is 3.80. The van der Waals surface area contributed by atoms with Crippen molar-refractivity contribution in [1.82, 2.24) is 0 Å². The van der Waals surface area contributed by atoms with Gasteiger partial charge < -0.3 is 18.6 Å². The third-order valence-corrected chi connectivity index (χ3v) is 5.32. The predicted molar refractivity (Wildman–Crippen MR) is 120 cm³/mol. The summed E-state index contributed by atoms with van der Waals surface area (Å²) >= 11 is 3.42. The van der Waals surface area contributed by atoms with Crippen LogP contribution in [0.25, 0.3) is 22.3 Å². The summed E-state index contributed by atoms with van der Waals surface area (Å²) in [7, 11) is 2.97. The predicted octanol–water partition coefficient (Wildman–Crippen LogP) is 5.60. The van der Waals surface area contributed by atoms with Crippen molar-refractivity contribution in [2.45, 2.75) is 0 Å². The third kappa shape index (κ3) is 3.97. The molecule has 1 aromatic heterocycles. The van der Waals surface area contributed by atoms with Gasteiger partial charge in [0.05, 0.1) is 29.6 Å². The molecular formula is C24H16BrFO6. The number of hydrogen-bond acceptors (Lipinski definition) is 6. The number of halogens is 2. The van der Waals surface area contributed by atoms with Gasteiger partial charge in [0.15, 0.2) is 17.3 Å². The number of para-hydroxylation sites is 1. The topological polar surface area (TPSA) is 75.0 Å². The minimum absolute atomic E-state index is 0.0332. The van der Waals surface area contributed by atoms with Crippen LogP contribution in [0, 0.1) is 5.82 Å². The SMILES string of the molecule is COc1cc(-c2oc3ccccc3c(=O)c2OC(=O)c2ccc(F)cc2)cc(Br)c1OC. The molecule has 0 aliphatic rings. The molecule has 3 aromatic carbocycles. The Morgan fingerprint density at radius 3 is 2.38 bits per heavy atom. The van der Waals surface area contributed by atoms with Crippen LogP contribution in [0.5, 0.6) is 17.2 Å². The molecule has 6 nitrogen and oxygen atoms in total. The van der Waals surface area contributed by atoms with Gasteiger partial charge in [-0.1, -0.05) is 12.1 Å². The number of rotatable bonds is 5. The van der Waals surface area contributed by atoms with Crippen LogP contribution in [0.15, 0.2) is 74.3 Å². The highest BCUT2D eigenvalue weighted by molar-refractivity contribution is 9.10. The number of fused-ring (bicyclic) bond motifs is 1. The second-order valence-electron chi connectivity index (χ2n) is 6.68. The number of esters is 1. The van der Waals surface area contributed by atoms with Crippen molar-refractivity contribution >= 4 is 32.9 Å². The van der Waals surface area contributed by atoms with Gasteiger partial charge >= 0.3 is 5.97 Å². The molecule has 162 valence electrons. The highest BCUT2D eigenvalue weighted by Gasteiger charge is 2.23. The Bertz CT molecular complexity index is 1380. The van der Waals surface area contributed by atoms with E-state index in [1.54, 1.807) is 36.4 Å². The number of hydrogen-bond donors (Lipinski definition) is 0. The molecule has 0 aliphatic heterocycles. The van der Waals surface area contributed by atoms with Gasteiger partial charge in [0, 0.05) is 5.56 Å². The molecule has 1 heterocycles. The van der Waals surface area contributed by atoms with E-state index in [-0.39, 0.29) is 22.5 Å². The van der Waals surface area contributed by atoms with Crippen LogP contribution in [0.4, 0.5) is 4.39 Å². The fraction of sp³-hybridized carbons (Fsp3) is 0.0833. The largest absolute Gasteiger partial charge is 0.493 e. The van der Waals surface area contributed by atoms with Gasteiger partial charge in [0.1, 0.15) is 11.4 Å². The van der Waals surface area contributed by atoms with Crippen LogP contribution in [0.3, 0.4) is 0 Å². The molecule has 0 fully saturated rings. The van der Waals surface area contributed by atoms with E-state index in [9.17, 15) is 14.0 Å². The van der Waals surface area contributed by atoms with E-state index in [1.807, 2.05) is 0 Å². The maximum atomic E-state index is 13.2. The van der Waals surface area contributed by atoms with Crippen LogP contribution in [-0.4, -0.2) is 20.2 Å². The van der Waals surface area contributed by atoms with Crippen molar-refractivity contribution < 1.29 is 27.8 Å². The molecule has 0 unspecified atom stereocenters. The molecule has 0 bridgehead atoms. The molecule has 0 aliphatic carbocycles. The van der Waals surface area contributed by atoms with Crippen molar-refractivity contribution in [3.63, 3.8) is 0 Å². The summed E-state index contributed by atoms with van der Waals surface area (Å²) in [5.41, 5.74) is 0.292. The van der Waals surface area contributed by atoms with Gasteiger partial charge in [-0.3, -0.25) is 4.79 Å². The maximum absolute atomic E-state index is 13.2.